The van der Waals surface area contributed by atoms with E-state index in [4.69, 9.17) is 5.73 Å². The quantitative estimate of drug-likeness (QED) is 0.756. The van der Waals surface area contributed by atoms with Gasteiger partial charge in [0.25, 0.3) is 5.91 Å². The van der Waals surface area contributed by atoms with Gasteiger partial charge in [0.2, 0.25) is 0 Å². The lowest BCUT2D eigenvalue weighted by Crippen LogP contribution is -2.13. The SMILES string of the molecule is NC(=O)c1cnc2ccc(-c3cccnc3)cc2c1SC1CCCC1. The zero-order valence-corrected chi connectivity index (χ0v) is 14.6. The molecule has 1 amide bonds. The summed E-state index contributed by atoms with van der Waals surface area (Å²) in [6.07, 6.45) is 10.1. The van der Waals surface area contributed by atoms with Gasteiger partial charge in [-0.25, -0.2) is 0 Å². The highest BCUT2D eigenvalue weighted by atomic mass is 32.2. The fourth-order valence-corrected chi connectivity index (χ4v) is 4.83. The molecule has 1 saturated carbocycles. The maximum Gasteiger partial charge on any atom is 0.251 e. The Morgan fingerprint density at radius 1 is 1.12 bits per heavy atom. The molecule has 2 heterocycles. The molecule has 0 unspecified atom stereocenters. The number of carbonyl (C=O) groups excluding carboxylic acids is 1. The third kappa shape index (κ3) is 3.24. The smallest absolute Gasteiger partial charge is 0.251 e. The van der Waals surface area contributed by atoms with E-state index in [1.165, 1.54) is 25.7 Å². The second-order valence-corrected chi connectivity index (χ2v) is 7.67. The molecular formula is C20H19N3OS. The van der Waals surface area contributed by atoms with Crippen molar-refractivity contribution in [3.63, 3.8) is 0 Å². The van der Waals surface area contributed by atoms with Crippen molar-refractivity contribution in [1.82, 2.24) is 9.97 Å². The molecule has 126 valence electrons. The van der Waals surface area contributed by atoms with Gasteiger partial charge in [-0.1, -0.05) is 25.0 Å². The Morgan fingerprint density at radius 3 is 2.68 bits per heavy atom. The molecule has 1 aliphatic rings. The molecular weight excluding hydrogens is 330 g/mol. The number of thioether (sulfide) groups is 1. The van der Waals surface area contributed by atoms with E-state index in [-0.39, 0.29) is 0 Å². The Morgan fingerprint density at radius 2 is 1.96 bits per heavy atom. The number of rotatable bonds is 4. The Balaban J connectivity index is 1.87. The van der Waals surface area contributed by atoms with Crippen molar-refractivity contribution in [1.29, 1.82) is 0 Å². The summed E-state index contributed by atoms with van der Waals surface area (Å²) < 4.78 is 0. The third-order valence-corrected chi connectivity index (χ3v) is 6.15. The first-order chi connectivity index (χ1) is 12.2. The van der Waals surface area contributed by atoms with Crippen molar-refractivity contribution in [2.45, 2.75) is 35.8 Å². The molecule has 0 radical (unpaired) electrons. The lowest BCUT2D eigenvalue weighted by Gasteiger charge is -2.15. The first-order valence-corrected chi connectivity index (χ1v) is 9.40. The van der Waals surface area contributed by atoms with Crippen LogP contribution in [0.25, 0.3) is 22.0 Å². The van der Waals surface area contributed by atoms with Gasteiger partial charge >= 0.3 is 0 Å². The van der Waals surface area contributed by atoms with Gasteiger partial charge in [0, 0.05) is 39.7 Å². The molecule has 0 atom stereocenters. The van der Waals surface area contributed by atoms with Gasteiger partial charge in [0.15, 0.2) is 0 Å². The molecule has 1 aromatic carbocycles. The number of amides is 1. The van der Waals surface area contributed by atoms with Gasteiger partial charge in [-0.15, -0.1) is 11.8 Å². The minimum atomic E-state index is -0.415. The number of hydrogen-bond donors (Lipinski definition) is 1. The van der Waals surface area contributed by atoms with E-state index in [1.807, 2.05) is 30.5 Å². The lowest BCUT2D eigenvalue weighted by atomic mass is 10.0. The van der Waals surface area contributed by atoms with E-state index in [1.54, 1.807) is 24.2 Å². The largest absolute Gasteiger partial charge is 0.366 e. The number of fused-ring (bicyclic) bond motifs is 1. The van der Waals surface area contributed by atoms with Crippen LogP contribution in [0.4, 0.5) is 0 Å². The summed E-state index contributed by atoms with van der Waals surface area (Å²) in [5, 5.41) is 1.54. The number of carbonyl (C=O) groups is 1. The van der Waals surface area contributed by atoms with Crippen LogP contribution < -0.4 is 5.73 Å². The van der Waals surface area contributed by atoms with Gasteiger partial charge in [-0.05, 0) is 36.6 Å². The van der Waals surface area contributed by atoms with Crippen molar-refractivity contribution in [2.24, 2.45) is 5.73 Å². The number of nitrogens with zero attached hydrogens (tertiary/aromatic N) is 2. The number of pyridine rings is 2. The van der Waals surface area contributed by atoms with Crippen molar-refractivity contribution in [2.75, 3.05) is 0 Å². The van der Waals surface area contributed by atoms with Crippen LogP contribution in [0.5, 0.6) is 0 Å². The van der Waals surface area contributed by atoms with E-state index in [0.29, 0.717) is 10.8 Å². The Labute approximate surface area is 150 Å². The highest BCUT2D eigenvalue weighted by Crippen LogP contribution is 2.40. The summed E-state index contributed by atoms with van der Waals surface area (Å²) in [5.41, 5.74) is 9.15. The van der Waals surface area contributed by atoms with Gasteiger partial charge in [-0.3, -0.25) is 14.8 Å². The number of aromatic nitrogens is 2. The summed E-state index contributed by atoms with van der Waals surface area (Å²) in [6.45, 7) is 0. The fourth-order valence-electron chi connectivity index (χ4n) is 3.36. The summed E-state index contributed by atoms with van der Waals surface area (Å²) in [5.74, 6) is -0.415. The van der Waals surface area contributed by atoms with Gasteiger partial charge in [0.1, 0.15) is 0 Å². The highest BCUT2D eigenvalue weighted by Gasteiger charge is 2.21. The minimum Gasteiger partial charge on any atom is -0.366 e. The normalized spacial score (nSPS) is 14.9. The van der Waals surface area contributed by atoms with E-state index in [9.17, 15) is 4.79 Å². The van der Waals surface area contributed by atoms with Crippen LogP contribution in [0, 0.1) is 0 Å². The molecule has 0 aliphatic heterocycles. The zero-order chi connectivity index (χ0) is 17.2. The summed E-state index contributed by atoms with van der Waals surface area (Å²) in [4.78, 5) is 21.6. The van der Waals surface area contributed by atoms with Crippen LogP contribution in [0.1, 0.15) is 36.0 Å². The van der Waals surface area contributed by atoms with Crippen molar-refractivity contribution in [3.05, 3.63) is 54.5 Å². The molecule has 0 bridgehead atoms. The fraction of sp³-hybridized carbons (Fsp3) is 0.250. The maximum absolute atomic E-state index is 12.0. The molecule has 2 N–H and O–H groups in total. The lowest BCUT2D eigenvalue weighted by molar-refractivity contribution is 0.0997. The van der Waals surface area contributed by atoms with Crippen molar-refractivity contribution in [3.8, 4) is 11.1 Å². The van der Waals surface area contributed by atoms with Gasteiger partial charge in [-0.2, -0.15) is 0 Å². The molecule has 0 saturated heterocycles. The summed E-state index contributed by atoms with van der Waals surface area (Å²) >= 11 is 1.78. The van der Waals surface area contributed by atoms with Crippen LogP contribution in [-0.4, -0.2) is 21.1 Å². The van der Waals surface area contributed by atoms with Crippen LogP contribution in [0.2, 0.25) is 0 Å². The standard InChI is InChI=1S/C20H19N3OS/c21-20(24)17-12-23-18-8-7-13(14-4-3-9-22-11-14)10-16(18)19(17)25-15-5-1-2-6-15/h3-4,7-12,15H,1-2,5-6H2,(H2,21,24). The van der Waals surface area contributed by atoms with Crippen LogP contribution >= 0.6 is 11.8 Å². The number of hydrogen-bond acceptors (Lipinski definition) is 4. The Hall–Kier alpha value is -2.40. The van der Waals surface area contributed by atoms with Crippen molar-refractivity contribution < 1.29 is 4.79 Å². The average molecular weight is 349 g/mol. The molecule has 25 heavy (non-hydrogen) atoms. The van der Waals surface area contributed by atoms with Crippen LogP contribution in [0.3, 0.4) is 0 Å². The maximum atomic E-state index is 12.0. The van der Waals surface area contributed by atoms with E-state index in [2.05, 4.69) is 16.0 Å². The Bertz CT molecular complexity index is 921. The number of nitrogens with two attached hydrogens (primary N) is 1. The predicted molar refractivity (Wildman–Crippen MR) is 102 cm³/mol. The topological polar surface area (TPSA) is 68.9 Å². The average Bonchev–Trinajstić information content (AvgIpc) is 3.15. The molecule has 1 fully saturated rings. The molecule has 4 nitrogen and oxygen atoms in total. The monoisotopic (exact) mass is 349 g/mol. The summed E-state index contributed by atoms with van der Waals surface area (Å²) in [7, 11) is 0. The van der Waals surface area contributed by atoms with E-state index >= 15 is 0 Å². The molecule has 4 rings (SSSR count). The third-order valence-electron chi connectivity index (χ3n) is 4.67. The number of benzene rings is 1. The number of primary amides is 1. The second kappa shape index (κ2) is 6.84. The molecule has 2 aromatic heterocycles. The summed E-state index contributed by atoms with van der Waals surface area (Å²) in [6, 6.07) is 10.1. The molecule has 1 aliphatic carbocycles. The zero-order valence-electron chi connectivity index (χ0n) is 13.8. The van der Waals surface area contributed by atoms with Gasteiger partial charge in [0.05, 0.1) is 11.1 Å². The van der Waals surface area contributed by atoms with Crippen LogP contribution in [-0.2, 0) is 0 Å². The highest BCUT2D eigenvalue weighted by molar-refractivity contribution is 8.00. The van der Waals surface area contributed by atoms with E-state index in [0.717, 1.165) is 26.9 Å². The predicted octanol–water partition coefficient (Wildman–Crippen LogP) is 4.43. The van der Waals surface area contributed by atoms with Crippen molar-refractivity contribution >= 4 is 28.6 Å². The van der Waals surface area contributed by atoms with E-state index < -0.39 is 5.91 Å². The minimum absolute atomic E-state index is 0.415. The molecule has 3 aromatic rings. The molecule has 5 heteroatoms. The first-order valence-electron chi connectivity index (χ1n) is 8.52. The molecule has 0 spiro atoms. The second-order valence-electron chi connectivity index (χ2n) is 6.36. The van der Waals surface area contributed by atoms with Gasteiger partial charge < -0.3 is 5.73 Å². The van der Waals surface area contributed by atoms with Crippen LogP contribution in [0.15, 0.2) is 53.8 Å². The Kier molecular flexibility index (Phi) is 4.40. The first kappa shape index (κ1) is 16.1.